The van der Waals surface area contributed by atoms with Crippen molar-refractivity contribution in [3.63, 3.8) is 0 Å². The van der Waals surface area contributed by atoms with Crippen LogP contribution in [0.2, 0.25) is 0 Å². The van der Waals surface area contributed by atoms with Gasteiger partial charge in [-0.25, -0.2) is 10.4 Å². The number of fused-ring (bicyclic) bond motifs is 1. The fourth-order valence-corrected chi connectivity index (χ4v) is 4.56. The predicted octanol–water partition coefficient (Wildman–Crippen LogP) is 2.50. The Bertz CT molecular complexity index is 910. The minimum absolute atomic E-state index is 0.00595. The molecule has 0 aromatic heterocycles. The molecule has 8 heteroatoms. The van der Waals surface area contributed by atoms with Gasteiger partial charge in [-0.1, -0.05) is 40.2 Å². The number of amides is 2. The van der Waals surface area contributed by atoms with Crippen LogP contribution in [0.3, 0.4) is 0 Å². The van der Waals surface area contributed by atoms with Gasteiger partial charge in [0.25, 0.3) is 0 Å². The van der Waals surface area contributed by atoms with E-state index < -0.39 is 0 Å². The number of halogens is 1. The molecule has 2 heterocycles. The van der Waals surface area contributed by atoms with E-state index in [1.165, 1.54) is 0 Å². The van der Waals surface area contributed by atoms with E-state index in [-0.39, 0.29) is 29.7 Å². The van der Waals surface area contributed by atoms with Gasteiger partial charge < -0.3 is 10.1 Å². The molecule has 0 radical (unpaired) electrons. The first kappa shape index (κ1) is 21.0. The summed E-state index contributed by atoms with van der Waals surface area (Å²) in [6, 6.07) is 16.7. The highest BCUT2D eigenvalue weighted by atomic mass is 79.9. The maximum absolute atomic E-state index is 13.2. The molecular formula is C22H25BrN4O3. The van der Waals surface area contributed by atoms with E-state index in [0.29, 0.717) is 26.2 Å². The molecule has 2 fully saturated rings. The van der Waals surface area contributed by atoms with Crippen LogP contribution < -0.4 is 15.8 Å². The molecular weight excluding hydrogens is 448 g/mol. The van der Waals surface area contributed by atoms with Crippen molar-refractivity contribution in [1.82, 2.24) is 10.3 Å². The second-order valence-corrected chi connectivity index (χ2v) is 8.54. The number of hydrogen-bond acceptors (Lipinski definition) is 5. The van der Waals surface area contributed by atoms with Crippen LogP contribution in [0.5, 0.6) is 0 Å². The molecule has 0 saturated carbocycles. The minimum Gasteiger partial charge on any atom is -0.383 e. The van der Waals surface area contributed by atoms with Crippen LogP contribution in [-0.2, 0) is 14.3 Å². The molecule has 0 aliphatic carbocycles. The highest BCUT2D eigenvalue weighted by Crippen LogP contribution is 2.32. The summed E-state index contributed by atoms with van der Waals surface area (Å²) in [7, 11) is 1.66. The third-order valence-corrected chi connectivity index (χ3v) is 6.14. The number of methoxy groups -OCH3 is 1. The molecule has 7 nitrogen and oxygen atoms in total. The van der Waals surface area contributed by atoms with Gasteiger partial charge in [0.15, 0.2) is 0 Å². The van der Waals surface area contributed by atoms with E-state index in [9.17, 15) is 9.59 Å². The van der Waals surface area contributed by atoms with Crippen molar-refractivity contribution in [3.8, 4) is 0 Å². The number of nitrogens with zero attached hydrogens (tertiary/aromatic N) is 2. The molecule has 3 atom stereocenters. The molecule has 0 bridgehead atoms. The van der Waals surface area contributed by atoms with Crippen LogP contribution in [0.15, 0.2) is 59.1 Å². The zero-order chi connectivity index (χ0) is 21.1. The Morgan fingerprint density at radius 1 is 1.20 bits per heavy atom. The van der Waals surface area contributed by atoms with Crippen LogP contribution in [0.25, 0.3) is 0 Å². The number of nitrogens with one attached hydrogen (secondary N) is 2. The molecule has 2 aliphatic heterocycles. The SMILES string of the molecule is COCCN1CC(C(=O)Nc2cccc(Br)c2)C2NN(c3ccccc3)C(=O)C2C1. The number of ether oxygens (including phenoxy) is 1. The maximum Gasteiger partial charge on any atom is 0.247 e. The summed E-state index contributed by atoms with van der Waals surface area (Å²) < 4.78 is 6.12. The molecule has 30 heavy (non-hydrogen) atoms. The number of hydrazine groups is 1. The first-order valence-electron chi connectivity index (χ1n) is 9.99. The number of carbonyl (C=O) groups excluding carboxylic acids is 2. The molecule has 2 N–H and O–H groups in total. The Morgan fingerprint density at radius 3 is 2.73 bits per heavy atom. The standard InChI is InChI=1S/C22H25BrN4O3/c1-30-11-10-26-13-18(21(28)24-16-7-5-6-15(23)12-16)20-19(14-26)22(29)27(25-20)17-8-3-2-4-9-17/h2-9,12,18-20,25H,10-11,13-14H2,1H3,(H,24,28). The van der Waals surface area contributed by atoms with E-state index in [4.69, 9.17) is 4.74 Å². The number of benzene rings is 2. The zero-order valence-electron chi connectivity index (χ0n) is 16.8. The summed E-state index contributed by atoms with van der Waals surface area (Å²) in [6.45, 7) is 2.40. The van der Waals surface area contributed by atoms with Gasteiger partial charge in [0.05, 0.1) is 30.2 Å². The van der Waals surface area contributed by atoms with E-state index in [2.05, 4.69) is 31.6 Å². The van der Waals surface area contributed by atoms with E-state index in [1.807, 2.05) is 54.6 Å². The van der Waals surface area contributed by atoms with Gasteiger partial charge in [-0.05, 0) is 30.3 Å². The fraction of sp³-hybridized carbons (Fsp3) is 0.364. The lowest BCUT2D eigenvalue weighted by molar-refractivity contribution is -0.126. The molecule has 0 spiro atoms. The van der Waals surface area contributed by atoms with Crippen molar-refractivity contribution in [1.29, 1.82) is 0 Å². The molecule has 2 aliphatic rings. The first-order valence-corrected chi connectivity index (χ1v) is 10.8. The van der Waals surface area contributed by atoms with Crippen LogP contribution in [0.4, 0.5) is 11.4 Å². The monoisotopic (exact) mass is 472 g/mol. The molecule has 2 amide bonds. The summed E-state index contributed by atoms with van der Waals surface area (Å²) in [6.07, 6.45) is 0. The number of hydrogen-bond donors (Lipinski definition) is 2. The second kappa shape index (κ2) is 9.26. The average Bonchev–Trinajstić information content (AvgIpc) is 3.09. The lowest BCUT2D eigenvalue weighted by atomic mass is 9.84. The zero-order valence-corrected chi connectivity index (χ0v) is 18.3. The van der Waals surface area contributed by atoms with Crippen molar-refractivity contribution < 1.29 is 14.3 Å². The van der Waals surface area contributed by atoms with E-state index in [0.717, 1.165) is 15.8 Å². The van der Waals surface area contributed by atoms with Gasteiger partial charge in [-0.15, -0.1) is 0 Å². The Labute approximate surface area is 184 Å². The Kier molecular flexibility index (Phi) is 6.48. The average molecular weight is 473 g/mol. The summed E-state index contributed by atoms with van der Waals surface area (Å²) >= 11 is 3.44. The minimum atomic E-state index is -0.378. The van der Waals surface area contributed by atoms with Crippen LogP contribution in [0, 0.1) is 11.8 Å². The third kappa shape index (κ3) is 4.41. The van der Waals surface area contributed by atoms with Crippen molar-refractivity contribution in [2.45, 2.75) is 6.04 Å². The van der Waals surface area contributed by atoms with Gasteiger partial charge >= 0.3 is 0 Å². The molecule has 3 unspecified atom stereocenters. The molecule has 4 rings (SSSR count). The third-order valence-electron chi connectivity index (χ3n) is 5.65. The van der Waals surface area contributed by atoms with E-state index in [1.54, 1.807) is 12.1 Å². The highest BCUT2D eigenvalue weighted by Gasteiger charge is 2.50. The summed E-state index contributed by atoms with van der Waals surface area (Å²) in [5.74, 6) is -0.777. The van der Waals surface area contributed by atoms with Crippen molar-refractivity contribution >= 4 is 39.1 Å². The molecule has 2 saturated heterocycles. The van der Waals surface area contributed by atoms with Crippen LogP contribution >= 0.6 is 15.9 Å². The van der Waals surface area contributed by atoms with Gasteiger partial charge in [0.1, 0.15) is 0 Å². The van der Waals surface area contributed by atoms with Gasteiger partial charge in [-0.3, -0.25) is 14.5 Å². The largest absolute Gasteiger partial charge is 0.383 e. The quantitative estimate of drug-likeness (QED) is 0.675. The number of para-hydroxylation sites is 1. The van der Waals surface area contributed by atoms with Crippen molar-refractivity contribution in [3.05, 3.63) is 59.1 Å². The summed E-state index contributed by atoms with van der Waals surface area (Å²) in [5, 5.41) is 4.61. The number of rotatable bonds is 6. The van der Waals surface area contributed by atoms with E-state index >= 15 is 0 Å². The molecule has 2 aromatic carbocycles. The Morgan fingerprint density at radius 2 is 2.00 bits per heavy atom. The molecule has 158 valence electrons. The number of piperidine rings is 1. The predicted molar refractivity (Wildman–Crippen MR) is 119 cm³/mol. The van der Waals surface area contributed by atoms with Gasteiger partial charge in [0.2, 0.25) is 11.8 Å². The topological polar surface area (TPSA) is 73.9 Å². The number of carbonyl (C=O) groups is 2. The fourth-order valence-electron chi connectivity index (χ4n) is 4.16. The van der Waals surface area contributed by atoms with Crippen molar-refractivity contribution in [2.24, 2.45) is 11.8 Å². The van der Waals surface area contributed by atoms with Crippen molar-refractivity contribution in [2.75, 3.05) is 43.7 Å². The number of likely N-dealkylation sites (tertiary alicyclic amines) is 1. The first-order chi connectivity index (χ1) is 14.6. The lowest BCUT2D eigenvalue weighted by Crippen LogP contribution is -2.56. The summed E-state index contributed by atoms with van der Waals surface area (Å²) in [5.41, 5.74) is 4.83. The van der Waals surface area contributed by atoms with Crippen LogP contribution in [0.1, 0.15) is 0 Å². The second-order valence-electron chi connectivity index (χ2n) is 7.63. The Hall–Kier alpha value is -2.26. The molecule has 2 aromatic rings. The lowest BCUT2D eigenvalue weighted by Gasteiger charge is -2.38. The highest BCUT2D eigenvalue weighted by molar-refractivity contribution is 9.10. The normalized spacial score (nSPS) is 24.0. The van der Waals surface area contributed by atoms with Gasteiger partial charge in [0, 0.05) is 36.9 Å². The number of anilines is 2. The summed E-state index contributed by atoms with van der Waals surface area (Å²) in [4.78, 5) is 28.6. The maximum atomic E-state index is 13.2. The van der Waals surface area contributed by atoms with Gasteiger partial charge in [-0.2, -0.15) is 0 Å². The Balaban J connectivity index is 1.57. The smallest absolute Gasteiger partial charge is 0.247 e. The van der Waals surface area contributed by atoms with Crippen LogP contribution in [-0.4, -0.2) is 56.1 Å².